The Bertz CT molecular complexity index is 2770. The monoisotopic (exact) mass is 986 g/mol. The van der Waals surface area contributed by atoms with Crippen LogP contribution in [0.1, 0.15) is 73.3 Å². The lowest BCUT2D eigenvalue weighted by atomic mass is 10.0. The van der Waals surface area contributed by atoms with Crippen LogP contribution in [-0.4, -0.2) is 107 Å². The number of pyridine rings is 1. The number of hydrogen-bond acceptors (Lipinski definition) is 10. The lowest BCUT2D eigenvalue weighted by Crippen LogP contribution is -2.54. The molecule has 10 rings (SSSR count). The van der Waals surface area contributed by atoms with Gasteiger partial charge >= 0.3 is 0 Å². The summed E-state index contributed by atoms with van der Waals surface area (Å²) in [6.45, 7) is 16.3. The number of carbonyl (C=O) groups is 3. The Morgan fingerprint density at radius 2 is 1.24 bits per heavy atom. The average molecular weight is 988 g/mol. The van der Waals surface area contributed by atoms with Gasteiger partial charge in [-0.2, -0.15) is 0 Å². The van der Waals surface area contributed by atoms with Crippen molar-refractivity contribution in [2.75, 3.05) is 84.5 Å². The van der Waals surface area contributed by atoms with Crippen molar-refractivity contribution in [1.82, 2.24) is 15.6 Å². The molecule has 4 unspecified atom stereocenters. The minimum absolute atomic E-state index is 0.00112. The molecule has 5 aromatic rings. The number of amides is 3. The molecule has 0 radical (unpaired) electrons. The van der Waals surface area contributed by atoms with E-state index in [9.17, 15) is 14.4 Å². The van der Waals surface area contributed by atoms with Crippen molar-refractivity contribution in [2.24, 2.45) is 0 Å². The molecule has 2 N–H and O–H groups in total. The van der Waals surface area contributed by atoms with E-state index in [1.807, 2.05) is 65.3 Å². The van der Waals surface area contributed by atoms with Crippen LogP contribution in [-0.2, 0) is 28.9 Å². The molecule has 4 atom stereocenters. The minimum atomic E-state index is 0.00112. The summed E-state index contributed by atoms with van der Waals surface area (Å²) in [6, 6.07) is 27.1. The molecule has 0 spiro atoms. The van der Waals surface area contributed by atoms with E-state index in [1.165, 1.54) is 0 Å². The summed E-state index contributed by atoms with van der Waals surface area (Å²) >= 11 is 12.4. The minimum Gasteiger partial charge on any atom is -0.495 e. The highest BCUT2D eigenvalue weighted by molar-refractivity contribution is 6.42. The Balaban J connectivity index is 0.000000181. The van der Waals surface area contributed by atoms with Gasteiger partial charge in [0.2, 0.25) is 11.8 Å². The predicted molar refractivity (Wildman–Crippen MR) is 282 cm³/mol. The van der Waals surface area contributed by atoms with Gasteiger partial charge in [-0.15, -0.1) is 0 Å². The fourth-order valence-corrected chi connectivity index (χ4v) is 11.3. The average Bonchev–Trinajstić information content (AvgIpc) is 4.09. The molecule has 13 nitrogen and oxygen atoms in total. The Kier molecular flexibility index (Phi) is 14.6. The first kappa shape index (κ1) is 49.1. The quantitative estimate of drug-likeness (QED) is 0.148. The van der Waals surface area contributed by atoms with E-state index in [0.717, 1.165) is 120 Å². The van der Waals surface area contributed by atoms with E-state index in [2.05, 4.69) is 72.4 Å². The summed E-state index contributed by atoms with van der Waals surface area (Å²) in [6.07, 6.45) is 3.31. The number of rotatable bonds is 9. The number of halogens is 2. The number of aromatic nitrogens is 1. The second-order valence-corrected chi connectivity index (χ2v) is 20.3. The molecule has 0 aliphatic carbocycles. The van der Waals surface area contributed by atoms with Crippen molar-refractivity contribution >= 4 is 69.5 Å². The maximum atomic E-state index is 13.7. The van der Waals surface area contributed by atoms with Crippen molar-refractivity contribution in [3.8, 4) is 22.6 Å². The highest BCUT2D eigenvalue weighted by Crippen LogP contribution is 2.42. The highest BCUT2D eigenvalue weighted by atomic mass is 35.5. The normalized spacial score (nSPS) is 20.8. The van der Waals surface area contributed by atoms with Crippen LogP contribution < -0.4 is 44.6 Å². The van der Waals surface area contributed by atoms with Gasteiger partial charge in [0.1, 0.15) is 17.3 Å². The van der Waals surface area contributed by atoms with Crippen molar-refractivity contribution in [2.45, 2.75) is 90.9 Å². The van der Waals surface area contributed by atoms with Gasteiger partial charge in [0.25, 0.3) is 5.91 Å². The fourth-order valence-electron chi connectivity index (χ4n) is 10.9. The molecule has 3 amide bonds. The fraction of sp³-hybridized carbons (Fsp3) is 0.418. The zero-order valence-electron chi connectivity index (χ0n) is 41.3. The van der Waals surface area contributed by atoms with Crippen LogP contribution >= 0.6 is 23.2 Å². The van der Waals surface area contributed by atoms with Gasteiger partial charge in [-0.05, 0) is 131 Å². The maximum Gasteiger partial charge on any atom is 0.258 e. The van der Waals surface area contributed by atoms with E-state index in [0.29, 0.717) is 65.1 Å². The van der Waals surface area contributed by atoms with Crippen LogP contribution in [0.15, 0.2) is 78.9 Å². The number of hydrogen-bond donors (Lipinski definition) is 2. The number of benzene rings is 4. The number of nitrogens with one attached hydrogen (secondary N) is 2. The Hall–Kier alpha value is -5.86. The number of aryl methyl sites for hydroxylation is 1. The number of carbonyl (C=O) groups excluding carboxylic acids is 3. The maximum absolute atomic E-state index is 13.7. The molecule has 4 aromatic carbocycles. The second kappa shape index (κ2) is 20.8. The van der Waals surface area contributed by atoms with E-state index in [-0.39, 0.29) is 24.1 Å². The van der Waals surface area contributed by atoms with E-state index >= 15 is 0 Å². The number of ether oxygens (including phenoxy) is 2. The molecule has 5 aliphatic heterocycles. The van der Waals surface area contributed by atoms with E-state index in [1.54, 1.807) is 25.2 Å². The Labute approximate surface area is 422 Å². The standard InChI is InChI=1S/C32H37N5O3.C23H27Cl2N3O2/c1-20-18-35(19-21(2)33-20)28-17-27-25(16-29(28)40-4)13-15-36(27)32(39)24-9-7-23(8-10-24)26-11-12-30(34-22(26)3)37-14-5-6-31(37)38;1-14-12-27(13-15(2)26-14)20-11-19-16(9-21(20)30-3)7-8-28(19)22(29)10-17-5-4-6-18(24)23(17)25/h7-12,16-17,20-21,33H,5-6,13-15,18-19H2,1-4H3;4-6,9,11,14-15,26H,7-8,10,12-13H2,1-3H3. The van der Waals surface area contributed by atoms with Crippen LogP contribution in [0.4, 0.5) is 28.6 Å². The van der Waals surface area contributed by atoms with Gasteiger partial charge in [0.15, 0.2) is 0 Å². The van der Waals surface area contributed by atoms with Gasteiger partial charge in [-0.3, -0.25) is 19.3 Å². The lowest BCUT2D eigenvalue weighted by Gasteiger charge is -2.38. The van der Waals surface area contributed by atoms with Crippen molar-refractivity contribution in [3.63, 3.8) is 0 Å². The molecular formula is C55H64Cl2N8O5. The third-order valence-corrected chi connectivity index (χ3v) is 15.0. The first-order valence-electron chi connectivity index (χ1n) is 24.6. The number of fused-ring (bicyclic) bond motifs is 2. The molecular weight excluding hydrogens is 924 g/mol. The summed E-state index contributed by atoms with van der Waals surface area (Å²) in [5.74, 6) is 2.60. The van der Waals surface area contributed by atoms with Crippen LogP contribution in [0, 0.1) is 6.92 Å². The van der Waals surface area contributed by atoms with E-state index < -0.39 is 0 Å². The molecule has 3 saturated heterocycles. The molecule has 15 heteroatoms. The summed E-state index contributed by atoms with van der Waals surface area (Å²) in [5.41, 5.74) is 10.6. The molecule has 1 aromatic heterocycles. The van der Waals surface area contributed by atoms with Crippen molar-refractivity contribution < 1.29 is 23.9 Å². The van der Waals surface area contributed by atoms with Gasteiger partial charge < -0.3 is 39.7 Å². The van der Waals surface area contributed by atoms with Crippen LogP contribution in [0.2, 0.25) is 10.0 Å². The largest absolute Gasteiger partial charge is 0.495 e. The van der Waals surface area contributed by atoms with Crippen molar-refractivity contribution in [1.29, 1.82) is 0 Å². The topological polar surface area (TPSA) is 123 Å². The summed E-state index contributed by atoms with van der Waals surface area (Å²) in [7, 11) is 3.43. The Morgan fingerprint density at radius 3 is 1.77 bits per heavy atom. The van der Waals surface area contributed by atoms with E-state index in [4.69, 9.17) is 37.7 Å². The number of nitrogens with zero attached hydrogens (tertiary/aromatic N) is 6. The first-order chi connectivity index (χ1) is 33.7. The van der Waals surface area contributed by atoms with Gasteiger partial charge in [0.05, 0.1) is 42.1 Å². The zero-order chi connectivity index (χ0) is 49.4. The number of methoxy groups -OCH3 is 2. The van der Waals surface area contributed by atoms with Crippen molar-refractivity contribution in [3.05, 3.63) is 117 Å². The SMILES string of the molecule is COc1cc2c(cc1N1CC(C)NC(C)C1)N(C(=O)Cc1cccc(Cl)c1Cl)CC2.COc1cc2c(cc1N1CC(C)NC(C)C1)N(C(=O)c1ccc(-c3ccc(N4CCCC4=O)nc3C)cc1)CC2. The van der Waals surface area contributed by atoms with Crippen LogP contribution in [0.5, 0.6) is 11.5 Å². The molecule has 368 valence electrons. The van der Waals surface area contributed by atoms with Crippen LogP contribution in [0.3, 0.4) is 0 Å². The number of anilines is 5. The van der Waals surface area contributed by atoms with Gasteiger partial charge in [0, 0.05) is 105 Å². The lowest BCUT2D eigenvalue weighted by molar-refractivity contribution is -0.118. The second-order valence-electron chi connectivity index (χ2n) is 19.5. The summed E-state index contributed by atoms with van der Waals surface area (Å²) < 4.78 is 11.5. The molecule has 3 fully saturated rings. The predicted octanol–water partition coefficient (Wildman–Crippen LogP) is 8.90. The molecule has 5 aliphatic rings. The van der Waals surface area contributed by atoms with Crippen LogP contribution in [0.25, 0.3) is 11.1 Å². The molecule has 0 saturated carbocycles. The Morgan fingerprint density at radius 1 is 0.686 bits per heavy atom. The van der Waals surface area contributed by atoms with Gasteiger partial charge in [-0.1, -0.05) is 47.5 Å². The van der Waals surface area contributed by atoms with Gasteiger partial charge in [-0.25, -0.2) is 4.98 Å². The molecule has 70 heavy (non-hydrogen) atoms. The third-order valence-electron chi connectivity index (χ3n) is 14.1. The summed E-state index contributed by atoms with van der Waals surface area (Å²) in [5, 5.41) is 8.07. The third kappa shape index (κ3) is 10.2. The summed E-state index contributed by atoms with van der Waals surface area (Å²) in [4.78, 5) is 53.9. The molecule has 6 heterocycles. The highest BCUT2D eigenvalue weighted by Gasteiger charge is 2.33. The zero-order valence-corrected chi connectivity index (χ0v) is 42.8. The molecule has 0 bridgehead atoms. The number of piperazine rings is 2. The smallest absolute Gasteiger partial charge is 0.258 e. The first-order valence-corrected chi connectivity index (χ1v) is 25.3.